The van der Waals surface area contributed by atoms with E-state index in [2.05, 4.69) is 20.7 Å². The highest BCUT2D eigenvalue weighted by Crippen LogP contribution is 2.11. The molecule has 144 valence electrons. The number of pyridine rings is 1. The topological polar surface area (TPSA) is 88.9 Å². The van der Waals surface area contributed by atoms with Crippen LogP contribution in [0.2, 0.25) is 0 Å². The number of nitrogens with one attached hydrogen (secondary N) is 2. The van der Waals surface area contributed by atoms with Crippen molar-refractivity contribution in [2.75, 3.05) is 5.32 Å². The summed E-state index contributed by atoms with van der Waals surface area (Å²) in [4.78, 5) is 28.4. The molecule has 0 spiro atoms. The van der Waals surface area contributed by atoms with Crippen LogP contribution in [0.4, 0.5) is 10.1 Å². The lowest BCUT2D eigenvalue weighted by atomic mass is 10.1. The van der Waals surface area contributed by atoms with Gasteiger partial charge in [0.15, 0.2) is 0 Å². The second-order valence-corrected chi connectivity index (χ2v) is 6.29. The normalized spacial score (nSPS) is 11.6. The third-order valence-corrected chi connectivity index (χ3v) is 4.04. The number of hydrogen-bond donors (Lipinski definition) is 2. The number of nitrogens with zero attached hydrogens (tertiary/aromatic N) is 3. The molecule has 28 heavy (non-hydrogen) atoms. The molecule has 2 N–H and O–H groups in total. The second-order valence-electron chi connectivity index (χ2n) is 6.29. The molecular weight excluding hydrogens is 361 g/mol. The summed E-state index contributed by atoms with van der Waals surface area (Å²) in [7, 11) is 0. The van der Waals surface area contributed by atoms with Crippen molar-refractivity contribution in [3.05, 3.63) is 78.1 Å². The van der Waals surface area contributed by atoms with Gasteiger partial charge < -0.3 is 10.6 Å². The van der Waals surface area contributed by atoms with Crippen LogP contribution in [0.25, 0.3) is 0 Å². The van der Waals surface area contributed by atoms with Gasteiger partial charge in [-0.2, -0.15) is 5.10 Å². The number of amides is 2. The molecule has 7 nitrogen and oxygen atoms in total. The summed E-state index contributed by atoms with van der Waals surface area (Å²) in [6.07, 6.45) is 4.57. The van der Waals surface area contributed by atoms with Crippen LogP contribution in [0.5, 0.6) is 0 Å². The first-order chi connectivity index (χ1) is 13.5. The largest absolute Gasteiger partial charge is 0.346 e. The minimum absolute atomic E-state index is 0.000355. The van der Waals surface area contributed by atoms with E-state index in [0.717, 1.165) is 5.69 Å². The Kier molecular flexibility index (Phi) is 6.11. The highest BCUT2D eigenvalue weighted by Gasteiger charge is 2.13. The number of benzene rings is 1. The summed E-state index contributed by atoms with van der Waals surface area (Å²) in [6, 6.07) is 11.4. The van der Waals surface area contributed by atoms with Crippen LogP contribution in [0.3, 0.4) is 0 Å². The molecule has 2 amide bonds. The molecule has 0 saturated heterocycles. The molecule has 0 aliphatic carbocycles. The predicted octanol–water partition coefficient (Wildman–Crippen LogP) is 2.48. The van der Waals surface area contributed by atoms with Gasteiger partial charge in [0.2, 0.25) is 11.8 Å². The van der Waals surface area contributed by atoms with Crippen molar-refractivity contribution in [2.24, 2.45) is 0 Å². The first kappa shape index (κ1) is 19.2. The van der Waals surface area contributed by atoms with Gasteiger partial charge in [0.05, 0.1) is 30.0 Å². The first-order valence-corrected chi connectivity index (χ1v) is 8.77. The summed E-state index contributed by atoms with van der Waals surface area (Å²) in [5.41, 5.74) is 1.51. The van der Waals surface area contributed by atoms with Gasteiger partial charge in [-0.25, -0.2) is 4.39 Å². The summed E-state index contributed by atoms with van der Waals surface area (Å²) >= 11 is 0. The van der Waals surface area contributed by atoms with E-state index in [4.69, 9.17) is 0 Å². The lowest BCUT2D eigenvalue weighted by Crippen LogP contribution is -2.30. The maximum atomic E-state index is 13.6. The van der Waals surface area contributed by atoms with Crippen molar-refractivity contribution in [3.8, 4) is 0 Å². The SMILES string of the molecule is CC(NC(=O)Cn1cc(NC(=O)Cc2ccccc2F)cn1)c1ccccn1. The van der Waals surface area contributed by atoms with E-state index in [1.54, 1.807) is 30.6 Å². The average molecular weight is 381 g/mol. The number of rotatable bonds is 7. The Labute approximate surface area is 161 Å². The predicted molar refractivity (Wildman–Crippen MR) is 102 cm³/mol. The summed E-state index contributed by atoms with van der Waals surface area (Å²) < 4.78 is 15.0. The summed E-state index contributed by atoms with van der Waals surface area (Å²) in [5, 5.41) is 9.55. The van der Waals surface area contributed by atoms with Gasteiger partial charge in [-0.05, 0) is 30.7 Å². The molecule has 8 heteroatoms. The Hall–Kier alpha value is -3.55. The van der Waals surface area contributed by atoms with Crippen molar-refractivity contribution in [1.82, 2.24) is 20.1 Å². The number of halogens is 1. The van der Waals surface area contributed by atoms with E-state index in [-0.39, 0.29) is 30.8 Å². The lowest BCUT2D eigenvalue weighted by Gasteiger charge is -2.13. The van der Waals surface area contributed by atoms with Crippen LogP contribution in [-0.4, -0.2) is 26.6 Å². The van der Waals surface area contributed by atoms with Crippen molar-refractivity contribution in [1.29, 1.82) is 0 Å². The minimum Gasteiger partial charge on any atom is -0.346 e. The molecule has 1 unspecified atom stereocenters. The van der Waals surface area contributed by atoms with Gasteiger partial charge in [-0.3, -0.25) is 19.3 Å². The number of anilines is 1. The fourth-order valence-corrected chi connectivity index (χ4v) is 2.67. The van der Waals surface area contributed by atoms with Gasteiger partial charge in [0, 0.05) is 12.4 Å². The van der Waals surface area contributed by atoms with E-state index in [1.807, 2.05) is 25.1 Å². The molecule has 1 atom stereocenters. The van der Waals surface area contributed by atoms with Gasteiger partial charge in [0.1, 0.15) is 12.4 Å². The number of carbonyl (C=O) groups excluding carboxylic acids is 2. The molecular formula is C20H20FN5O2. The monoisotopic (exact) mass is 381 g/mol. The molecule has 2 heterocycles. The number of carbonyl (C=O) groups is 2. The molecule has 2 aromatic heterocycles. The Morgan fingerprint density at radius 3 is 2.68 bits per heavy atom. The Bertz CT molecular complexity index is 958. The molecule has 3 aromatic rings. The van der Waals surface area contributed by atoms with Gasteiger partial charge in [0.25, 0.3) is 0 Å². The lowest BCUT2D eigenvalue weighted by molar-refractivity contribution is -0.122. The average Bonchev–Trinajstić information content (AvgIpc) is 3.10. The molecule has 0 saturated carbocycles. The van der Waals surface area contributed by atoms with Crippen molar-refractivity contribution in [2.45, 2.75) is 25.9 Å². The maximum Gasteiger partial charge on any atom is 0.242 e. The minimum atomic E-state index is -0.424. The quantitative estimate of drug-likeness (QED) is 0.658. The van der Waals surface area contributed by atoms with Crippen LogP contribution < -0.4 is 10.6 Å². The third kappa shape index (κ3) is 5.23. The van der Waals surface area contributed by atoms with E-state index in [1.165, 1.54) is 16.9 Å². The standard InChI is InChI=1S/C20H20FN5O2/c1-14(18-8-4-5-9-22-18)24-20(28)13-26-12-16(11-23-26)25-19(27)10-15-6-2-3-7-17(15)21/h2-9,11-12,14H,10,13H2,1H3,(H,24,28)(H,25,27). The highest BCUT2D eigenvalue weighted by atomic mass is 19.1. The van der Waals surface area contributed by atoms with Crippen LogP contribution in [0.15, 0.2) is 61.1 Å². The molecule has 3 rings (SSSR count). The third-order valence-electron chi connectivity index (χ3n) is 4.04. The summed E-state index contributed by atoms with van der Waals surface area (Å²) in [6.45, 7) is 1.85. The number of aromatic nitrogens is 3. The molecule has 0 radical (unpaired) electrons. The van der Waals surface area contributed by atoms with Crippen LogP contribution in [-0.2, 0) is 22.6 Å². The Morgan fingerprint density at radius 1 is 1.14 bits per heavy atom. The zero-order chi connectivity index (χ0) is 19.9. The fourth-order valence-electron chi connectivity index (χ4n) is 2.67. The maximum absolute atomic E-state index is 13.6. The van der Waals surface area contributed by atoms with Crippen LogP contribution in [0, 0.1) is 5.82 Å². The zero-order valence-corrected chi connectivity index (χ0v) is 15.3. The second kappa shape index (κ2) is 8.90. The Morgan fingerprint density at radius 2 is 1.93 bits per heavy atom. The van der Waals surface area contributed by atoms with E-state index >= 15 is 0 Å². The Balaban J connectivity index is 1.51. The first-order valence-electron chi connectivity index (χ1n) is 8.77. The van der Waals surface area contributed by atoms with Crippen LogP contribution >= 0.6 is 0 Å². The van der Waals surface area contributed by atoms with E-state index in [0.29, 0.717) is 11.3 Å². The smallest absolute Gasteiger partial charge is 0.242 e. The van der Waals surface area contributed by atoms with E-state index < -0.39 is 5.82 Å². The molecule has 0 aliphatic rings. The molecule has 0 aliphatic heterocycles. The highest BCUT2D eigenvalue weighted by molar-refractivity contribution is 5.92. The van der Waals surface area contributed by atoms with Gasteiger partial charge >= 0.3 is 0 Å². The molecule has 0 bridgehead atoms. The van der Waals surface area contributed by atoms with Gasteiger partial charge in [-0.1, -0.05) is 24.3 Å². The van der Waals surface area contributed by atoms with E-state index in [9.17, 15) is 14.0 Å². The summed E-state index contributed by atoms with van der Waals surface area (Å²) in [5.74, 6) is -1.02. The fraction of sp³-hybridized carbons (Fsp3) is 0.200. The van der Waals surface area contributed by atoms with Crippen LogP contribution in [0.1, 0.15) is 24.2 Å². The van der Waals surface area contributed by atoms with Crippen molar-refractivity contribution in [3.63, 3.8) is 0 Å². The number of hydrogen-bond acceptors (Lipinski definition) is 4. The zero-order valence-electron chi connectivity index (χ0n) is 15.3. The van der Waals surface area contributed by atoms with Gasteiger partial charge in [-0.15, -0.1) is 0 Å². The van der Waals surface area contributed by atoms with Crippen molar-refractivity contribution < 1.29 is 14.0 Å². The molecule has 0 fully saturated rings. The molecule has 1 aromatic carbocycles. The van der Waals surface area contributed by atoms with Crippen molar-refractivity contribution >= 4 is 17.5 Å².